The Morgan fingerprint density at radius 2 is 0.897 bits per heavy atom. The molecule has 0 aromatic carbocycles. The molecule has 0 aliphatic carbocycles. The van der Waals surface area contributed by atoms with Crippen molar-refractivity contribution in [3.63, 3.8) is 0 Å². The van der Waals surface area contributed by atoms with E-state index in [2.05, 4.69) is 24.9 Å². The van der Waals surface area contributed by atoms with E-state index < -0.39 is 20.4 Å². The molecule has 0 saturated carbocycles. The third-order valence-electron chi connectivity index (χ3n) is 7.93. The molecule has 31 heteroatoms. The molecule has 0 fully saturated rings. The Morgan fingerprint density at radius 3 is 1.22 bits per heavy atom. The molecule has 6 heterocycles. The first-order chi connectivity index (χ1) is 33.9. The van der Waals surface area contributed by atoms with Crippen molar-refractivity contribution >= 4 is 227 Å². The van der Waals surface area contributed by atoms with Crippen LogP contribution in [-0.4, -0.2) is 74.7 Å². The molecule has 6 aromatic heterocycles. The van der Waals surface area contributed by atoms with E-state index in [1.54, 1.807) is 24.6 Å². The van der Waals surface area contributed by atoms with Crippen LogP contribution < -0.4 is 5.43 Å². The van der Waals surface area contributed by atoms with Crippen molar-refractivity contribution in [3.05, 3.63) is 163 Å². The first kappa shape index (κ1) is 81.4. The topological polar surface area (TPSA) is 226 Å². The van der Waals surface area contributed by atoms with Gasteiger partial charge in [0.2, 0.25) is 5.43 Å². The number of aromatic nitrogens is 6. The number of allylic oxidation sites excluding steroid dienone is 2. The molecule has 78 heavy (non-hydrogen) atoms. The minimum Gasteiger partial charge on any atom is -0.478 e. The second-order valence-corrected chi connectivity index (χ2v) is 33.9. The summed E-state index contributed by atoms with van der Waals surface area (Å²) < 4.78 is -2.06. The van der Waals surface area contributed by atoms with Gasteiger partial charge in [0.05, 0.1) is 45.2 Å². The Kier molecular flexibility index (Phi) is 38.8. The summed E-state index contributed by atoms with van der Waals surface area (Å²) in [5, 5.41) is 9.36. The van der Waals surface area contributed by atoms with E-state index in [1.807, 2.05) is 0 Å². The van der Waals surface area contributed by atoms with Gasteiger partial charge >= 0.3 is 65.5 Å². The molecule has 0 bridgehead atoms. The number of nitrogens with zero attached hydrogens (tertiary/aromatic N) is 6. The van der Waals surface area contributed by atoms with Crippen molar-refractivity contribution in [2.75, 3.05) is 0 Å². The van der Waals surface area contributed by atoms with Crippen molar-refractivity contribution in [3.8, 4) is 0 Å². The summed E-state index contributed by atoms with van der Waals surface area (Å²) in [7, 11) is 1.72. The Bertz CT molecular complexity index is 3150. The Balaban J connectivity index is -0.000000425. The number of pyridine rings is 6. The summed E-state index contributed by atoms with van der Waals surface area (Å²) in [6, 6.07) is 14.5. The summed E-state index contributed by atoms with van der Waals surface area (Å²) in [4.78, 5) is 108. The van der Waals surface area contributed by atoms with Gasteiger partial charge in [0.15, 0.2) is 23.1 Å². The predicted molar refractivity (Wildman–Crippen MR) is 328 cm³/mol. The van der Waals surface area contributed by atoms with Gasteiger partial charge in [-0.15, -0.1) is 0 Å². The molecule has 15 nitrogen and oxygen atoms in total. The van der Waals surface area contributed by atoms with Crippen LogP contribution in [0.15, 0.2) is 83.3 Å². The smallest absolute Gasteiger partial charge is 0.338 e. The van der Waals surface area contributed by atoms with E-state index in [-0.39, 0.29) is 139 Å². The normalized spacial score (nSPS) is 10.5. The number of carboxylic acid groups (broad SMARTS) is 1. The van der Waals surface area contributed by atoms with Gasteiger partial charge in [-0.1, -0.05) is 140 Å². The molecular formula is C47H46Cl15N6O9P. The zero-order chi connectivity index (χ0) is 57.2. The monoisotopic (exact) mass is 1390 g/mol. The molecular weight excluding hydrogens is 1360 g/mol. The minimum atomic E-state index is -3.69. The van der Waals surface area contributed by atoms with Crippen LogP contribution in [0.25, 0.3) is 11.0 Å². The molecule has 0 saturated heterocycles. The largest absolute Gasteiger partial charge is 0.478 e. The number of rotatable bonds is 9. The Hall–Kier alpha value is -3.03. The number of Topliss-reactive ketones (excluding diaryl/α,β-unsaturated/α-hetero) is 5. The molecule has 0 spiro atoms. The van der Waals surface area contributed by atoms with Gasteiger partial charge in [0.1, 0.15) is 57.8 Å². The molecule has 428 valence electrons. The van der Waals surface area contributed by atoms with Crippen LogP contribution >= 0.6 is 176 Å². The molecule has 0 atom stereocenters. The first-order valence-corrected chi connectivity index (χ1v) is 29.7. The van der Waals surface area contributed by atoms with E-state index in [0.29, 0.717) is 16.2 Å². The molecule has 0 aliphatic heterocycles. The third kappa shape index (κ3) is 30.1. The van der Waals surface area contributed by atoms with E-state index in [0.717, 1.165) is 0 Å². The van der Waals surface area contributed by atoms with Gasteiger partial charge in [0, 0.05) is 13.2 Å². The minimum absolute atomic E-state index is 0. The van der Waals surface area contributed by atoms with E-state index in [9.17, 15) is 38.4 Å². The second-order valence-electron chi connectivity index (χ2n) is 13.5. The average molecular weight is 1400 g/mol. The summed E-state index contributed by atoms with van der Waals surface area (Å²) in [5.41, 5.74) is 0.951. The van der Waals surface area contributed by atoms with Crippen molar-refractivity contribution in [2.45, 2.75) is 63.8 Å². The Labute approximate surface area is 523 Å². The quantitative estimate of drug-likeness (QED) is 0.0270. The van der Waals surface area contributed by atoms with Gasteiger partial charge in [0.25, 0.3) is 5.24 Å². The number of carbonyl (C=O) groups excluding carboxylic acids is 6. The molecule has 0 unspecified atom stereocenters. The number of carboxylic acids is 1. The second kappa shape index (κ2) is 37.1. The number of ketones is 5. The number of fused-ring (bicyclic) bond motifs is 1. The van der Waals surface area contributed by atoms with Crippen LogP contribution in [0.3, 0.4) is 0 Å². The summed E-state index contributed by atoms with van der Waals surface area (Å²) >= 11 is 80.3. The van der Waals surface area contributed by atoms with Gasteiger partial charge < -0.3 is 9.67 Å². The summed E-state index contributed by atoms with van der Waals surface area (Å²) in [6.07, 6.45) is 2.77. The average Bonchev–Trinajstić information content (AvgIpc) is 3.24. The van der Waals surface area contributed by atoms with Crippen LogP contribution in [0, 0.1) is 0 Å². The van der Waals surface area contributed by atoms with Crippen molar-refractivity contribution in [1.82, 2.24) is 29.5 Å². The first-order valence-electron chi connectivity index (χ1n) is 19.2. The number of aromatic carboxylic acids is 1. The number of aryl methyl sites for hydroxylation is 1. The number of carbonyl (C=O) groups is 7. The maximum absolute atomic E-state index is 11.9. The van der Waals surface area contributed by atoms with E-state index in [4.69, 9.17) is 177 Å². The number of halogens is 15. The molecule has 6 aromatic rings. The van der Waals surface area contributed by atoms with Crippen molar-refractivity contribution in [1.29, 1.82) is 0 Å². The van der Waals surface area contributed by atoms with Gasteiger partial charge in [-0.05, 0) is 100.0 Å². The zero-order valence-electron chi connectivity index (χ0n) is 37.6. The van der Waals surface area contributed by atoms with Crippen LogP contribution in [0.4, 0.5) is 0 Å². The van der Waals surface area contributed by atoms with E-state index >= 15 is 0 Å². The maximum atomic E-state index is 11.9. The fourth-order valence-corrected chi connectivity index (χ4v) is 6.95. The fraction of sp³-hybridized carbons (Fsp3) is 0.213. The maximum Gasteiger partial charge on any atom is 0.338 e. The van der Waals surface area contributed by atoms with Crippen molar-refractivity contribution < 1.29 is 38.7 Å². The van der Waals surface area contributed by atoms with Gasteiger partial charge in [-0.2, -0.15) is 0 Å². The van der Waals surface area contributed by atoms with Gasteiger partial charge in [-0.25, -0.2) is 29.7 Å². The third-order valence-corrected chi connectivity index (χ3v) is 10.3. The van der Waals surface area contributed by atoms with Crippen LogP contribution in [0.5, 0.6) is 0 Å². The zero-order valence-corrected chi connectivity index (χ0v) is 49.9. The van der Waals surface area contributed by atoms with Crippen molar-refractivity contribution in [2.24, 2.45) is 7.05 Å². The van der Waals surface area contributed by atoms with Crippen LogP contribution in [0.1, 0.15) is 116 Å². The number of hydrogen-bond donors (Lipinski definition) is 1. The molecule has 0 radical (unpaired) electrons. The standard InChI is InChI=1S/C11H9Cl2NO2.C11H9ClN2O2.C9H7Cl2NO2.C6H2Cl3NO.C6H3Cl2NO2.4CH4.Cl5P/c1-3-7(6(2)15)10(16)8-4-5-9(12)14-11(8)13;1-6(15)8-5-14(2)11-7(10(8)16)3-4-9(12)13-11;1-5(13)4-7(14)6-2-3-8(10)12-9(6)11;7-4-2-1-3(6(9)11)5(8)10-4;7-4-2-1-3(6(10)11)5(8)9-4;;;;;1-6(2,3,4)5/h2*3-5H,1-2H3;2-3H,4H2,1H3;1-2H;1-2H,(H,10,11);4*1H4;/b7-3+;;;;;;;;;. The van der Waals surface area contributed by atoms with E-state index in [1.165, 1.54) is 87.6 Å². The molecule has 0 amide bonds. The van der Waals surface area contributed by atoms with Gasteiger partial charge in [-0.3, -0.25) is 33.6 Å². The summed E-state index contributed by atoms with van der Waals surface area (Å²) in [5.74, 6) is -2.66. The Morgan fingerprint density at radius 1 is 0.551 bits per heavy atom. The summed E-state index contributed by atoms with van der Waals surface area (Å²) in [6.45, 7) is 5.65. The number of hydrogen-bond acceptors (Lipinski definition) is 13. The van der Waals surface area contributed by atoms with Crippen LogP contribution in [0.2, 0.25) is 46.4 Å². The predicted octanol–water partition coefficient (Wildman–Crippen LogP) is 19.2. The van der Waals surface area contributed by atoms with Crippen LogP contribution in [-0.2, 0) is 16.6 Å². The fourth-order valence-electron chi connectivity index (χ4n) is 4.87. The molecule has 6 rings (SSSR count). The molecule has 0 aliphatic rings. The SMILES string of the molecule is C.C.C.C.C/C=C(\C(C)=O)C(=O)c1ccc(Cl)nc1Cl.CC(=O)CC(=O)c1ccc(Cl)nc1Cl.CC(=O)c1cn(C)c2nc(Cl)ccc2c1=O.ClP(Cl)(Cl)(Cl)Cl.O=C(Cl)c1ccc(Cl)nc1Cl.O=C(O)c1ccc(Cl)nc1Cl. The molecule has 1 N–H and O–H groups in total.